The summed E-state index contributed by atoms with van der Waals surface area (Å²) in [5.41, 5.74) is 6.74. The predicted molar refractivity (Wildman–Crippen MR) is 75.0 cm³/mol. The normalized spacial score (nSPS) is 9.80. The van der Waals surface area contributed by atoms with Gasteiger partial charge in [-0.05, 0) is 17.7 Å². The SMILES string of the molecule is O=C(Cc1ccccc1)NNc1ccc([N+](=O)[O-])cc1. The zero-order valence-corrected chi connectivity index (χ0v) is 10.6. The van der Waals surface area contributed by atoms with Crippen molar-refractivity contribution < 1.29 is 9.72 Å². The largest absolute Gasteiger partial charge is 0.299 e. The third kappa shape index (κ3) is 3.81. The van der Waals surface area contributed by atoms with Gasteiger partial charge in [-0.2, -0.15) is 0 Å². The second kappa shape index (κ2) is 6.33. The van der Waals surface area contributed by atoms with Gasteiger partial charge in [0.05, 0.1) is 17.0 Å². The summed E-state index contributed by atoms with van der Waals surface area (Å²) in [5, 5.41) is 10.5. The van der Waals surface area contributed by atoms with Crippen molar-refractivity contribution in [1.82, 2.24) is 5.43 Å². The first kappa shape index (κ1) is 13.5. The molecule has 2 aromatic carbocycles. The van der Waals surface area contributed by atoms with Gasteiger partial charge >= 0.3 is 0 Å². The lowest BCUT2D eigenvalue weighted by Crippen LogP contribution is -2.30. The number of amides is 1. The molecule has 0 aliphatic carbocycles. The molecule has 2 N–H and O–H groups in total. The minimum atomic E-state index is -0.474. The fraction of sp³-hybridized carbons (Fsp3) is 0.0714. The van der Waals surface area contributed by atoms with E-state index in [2.05, 4.69) is 10.9 Å². The van der Waals surface area contributed by atoms with Crippen molar-refractivity contribution in [1.29, 1.82) is 0 Å². The van der Waals surface area contributed by atoms with E-state index in [1.807, 2.05) is 30.3 Å². The van der Waals surface area contributed by atoms with Gasteiger partial charge in [0.1, 0.15) is 0 Å². The van der Waals surface area contributed by atoms with Crippen LogP contribution >= 0.6 is 0 Å². The van der Waals surface area contributed by atoms with E-state index in [0.717, 1.165) is 5.56 Å². The molecule has 2 rings (SSSR count). The van der Waals surface area contributed by atoms with Crippen LogP contribution in [0, 0.1) is 10.1 Å². The van der Waals surface area contributed by atoms with Gasteiger partial charge in [0, 0.05) is 12.1 Å². The minimum absolute atomic E-state index is 0.00571. The van der Waals surface area contributed by atoms with Crippen molar-refractivity contribution in [3.8, 4) is 0 Å². The molecule has 6 nitrogen and oxygen atoms in total. The summed E-state index contributed by atoms with van der Waals surface area (Å²) in [5.74, 6) is -0.186. The summed E-state index contributed by atoms with van der Waals surface area (Å²) in [6.07, 6.45) is 0.265. The van der Waals surface area contributed by atoms with Crippen LogP contribution in [0.4, 0.5) is 11.4 Å². The van der Waals surface area contributed by atoms with Crippen molar-refractivity contribution in [3.63, 3.8) is 0 Å². The summed E-state index contributed by atoms with van der Waals surface area (Å²) < 4.78 is 0. The average Bonchev–Trinajstić information content (AvgIpc) is 2.46. The quantitative estimate of drug-likeness (QED) is 0.645. The number of carbonyl (C=O) groups is 1. The maximum Gasteiger partial charge on any atom is 0.269 e. The fourth-order valence-electron chi connectivity index (χ4n) is 1.63. The number of rotatable bonds is 5. The molecule has 0 unspecified atom stereocenters. The number of non-ortho nitro benzene ring substituents is 1. The second-order valence-corrected chi connectivity index (χ2v) is 4.14. The number of carbonyl (C=O) groups excluding carboxylic acids is 1. The molecule has 0 aliphatic heterocycles. The summed E-state index contributed by atoms with van der Waals surface area (Å²) in [6, 6.07) is 15.1. The summed E-state index contributed by atoms with van der Waals surface area (Å²) in [6.45, 7) is 0. The Morgan fingerprint density at radius 3 is 2.30 bits per heavy atom. The van der Waals surface area contributed by atoms with Crippen molar-refractivity contribution in [2.24, 2.45) is 0 Å². The Morgan fingerprint density at radius 2 is 1.70 bits per heavy atom. The molecular weight excluding hydrogens is 258 g/mol. The maximum atomic E-state index is 11.7. The van der Waals surface area contributed by atoms with Crippen molar-refractivity contribution >= 4 is 17.3 Å². The zero-order valence-electron chi connectivity index (χ0n) is 10.6. The lowest BCUT2D eigenvalue weighted by atomic mass is 10.1. The molecule has 0 heterocycles. The summed E-state index contributed by atoms with van der Waals surface area (Å²) in [4.78, 5) is 21.7. The number of nitrogens with zero attached hydrogens (tertiary/aromatic N) is 1. The fourth-order valence-corrected chi connectivity index (χ4v) is 1.63. The molecule has 102 valence electrons. The first-order chi connectivity index (χ1) is 9.65. The van der Waals surface area contributed by atoms with Crippen LogP contribution in [0.25, 0.3) is 0 Å². The van der Waals surface area contributed by atoms with E-state index in [1.54, 1.807) is 0 Å². The Balaban J connectivity index is 1.85. The number of nitro benzene ring substituents is 1. The van der Waals surface area contributed by atoms with Crippen molar-refractivity contribution in [3.05, 3.63) is 70.3 Å². The maximum absolute atomic E-state index is 11.7. The van der Waals surface area contributed by atoms with Crippen LogP contribution in [0.1, 0.15) is 5.56 Å². The predicted octanol–water partition coefficient (Wildman–Crippen LogP) is 2.28. The number of hydrogen-bond donors (Lipinski definition) is 2. The number of hydrogen-bond acceptors (Lipinski definition) is 4. The molecule has 0 saturated heterocycles. The Labute approximate surface area is 115 Å². The highest BCUT2D eigenvalue weighted by Crippen LogP contribution is 2.14. The zero-order chi connectivity index (χ0) is 14.4. The Hall–Kier alpha value is -2.89. The van der Waals surface area contributed by atoms with E-state index < -0.39 is 4.92 Å². The van der Waals surface area contributed by atoms with Gasteiger partial charge in [-0.25, -0.2) is 0 Å². The summed E-state index contributed by atoms with van der Waals surface area (Å²) in [7, 11) is 0. The van der Waals surface area contributed by atoms with Crippen molar-refractivity contribution in [2.45, 2.75) is 6.42 Å². The molecule has 6 heteroatoms. The third-order valence-corrected chi connectivity index (χ3v) is 2.63. The number of hydrazine groups is 1. The molecule has 0 fully saturated rings. The Morgan fingerprint density at radius 1 is 1.05 bits per heavy atom. The molecule has 0 saturated carbocycles. The molecule has 0 spiro atoms. The lowest BCUT2D eigenvalue weighted by molar-refractivity contribution is -0.384. The third-order valence-electron chi connectivity index (χ3n) is 2.63. The van der Waals surface area contributed by atoms with Crippen LogP contribution in [0.2, 0.25) is 0 Å². The van der Waals surface area contributed by atoms with Crippen LogP contribution in [0.5, 0.6) is 0 Å². The topological polar surface area (TPSA) is 84.3 Å². The number of nitrogens with one attached hydrogen (secondary N) is 2. The van der Waals surface area contributed by atoms with Gasteiger partial charge in [0.25, 0.3) is 5.69 Å². The van der Waals surface area contributed by atoms with Crippen LogP contribution in [-0.4, -0.2) is 10.8 Å². The molecule has 0 aliphatic rings. The molecule has 0 atom stereocenters. The van der Waals surface area contributed by atoms with E-state index in [-0.39, 0.29) is 18.0 Å². The van der Waals surface area contributed by atoms with E-state index in [1.165, 1.54) is 24.3 Å². The highest BCUT2D eigenvalue weighted by Gasteiger charge is 2.05. The van der Waals surface area contributed by atoms with Gasteiger partial charge in [0.15, 0.2) is 0 Å². The van der Waals surface area contributed by atoms with E-state index in [4.69, 9.17) is 0 Å². The highest BCUT2D eigenvalue weighted by atomic mass is 16.6. The van der Waals surface area contributed by atoms with Crippen LogP contribution < -0.4 is 10.9 Å². The first-order valence-corrected chi connectivity index (χ1v) is 5.98. The second-order valence-electron chi connectivity index (χ2n) is 4.14. The van der Waals surface area contributed by atoms with E-state index >= 15 is 0 Å². The molecule has 0 aromatic heterocycles. The molecule has 0 radical (unpaired) electrons. The molecular formula is C14H13N3O3. The first-order valence-electron chi connectivity index (χ1n) is 5.98. The van der Waals surface area contributed by atoms with Gasteiger partial charge in [-0.1, -0.05) is 30.3 Å². The van der Waals surface area contributed by atoms with Crippen LogP contribution in [-0.2, 0) is 11.2 Å². The highest BCUT2D eigenvalue weighted by molar-refractivity contribution is 5.79. The van der Waals surface area contributed by atoms with Gasteiger partial charge in [-0.15, -0.1) is 0 Å². The molecule has 0 bridgehead atoms. The number of anilines is 1. The Bertz CT molecular complexity index is 597. The molecule has 20 heavy (non-hydrogen) atoms. The van der Waals surface area contributed by atoms with Crippen LogP contribution in [0.3, 0.4) is 0 Å². The van der Waals surface area contributed by atoms with Crippen molar-refractivity contribution in [2.75, 3.05) is 5.43 Å². The standard InChI is InChI=1S/C14H13N3O3/c18-14(10-11-4-2-1-3-5-11)16-15-12-6-8-13(9-7-12)17(19)20/h1-9,15H,10H2,(H,16,18). The average molecular weight is 271 g/mol. The minimum Gasteiger partial charge on any atom is -0.299 e. The van der Waals surface area contributed by atoms with E-state index in [9.17, 15) is 14.9 Å². The van der Waals surface area contributed by atoms with Gasteiger partial charge in [-0.3, -0.25) is 25.8 Å². The summed E-state index contributed by atoms with van der Waals surface area (Å²) >= 11 is 0. The van der Waals surface area contributed by atoms with Gasteiger partial charge in [0.2, 0.25) is 5.91 Å². The molecule has 1 amide bonds. The lowest BCUT2D eigenvalue weighted by Gasteiger charge is -2.08. The smallest absolute Gasteiger partial charge is 0.269 e. The monoisotopic (exact) mass is 271 g/mol. The van der Waals surface area contributed by atoms with Crippen LogP contribution in [0.15, 0.2) is 54.6 Å². The number of benzene rings is 2. The Kier molecular flexibility index (Phi) is 4.28. The number of nitro groups is 1. The molecule has 2 aromatic rings. The van der Waals surface area contributed by atoms with Gasteiger partial charge < -0.3 is 0 Å². The van der Waals surface area contributed by atoms with E-state index in [0.29, 0.717) is 5.69 Å².